The molecule has 16 heteroatoms. The number of primary amides is 1. The fourth-order valence-electron chi connectivity index (χ4n) is 4.51. The molecular formula is C31H40N6O10. The number of urea groups is 1. The molecule has 1 aliphatic carbocycles. The molecule has 2 aliphatic rings. The second kappa shape index (κ2) is 18.2. The molecule has 8 N–H and O–H groups in total. The number of rotatable bonds is 20. The number of ether oxygens (including phenoxy) is 1. The van der Waals surface area contributed by atoms with Crippen molar-refractivity contribution >= 4 is 47.2 Å². The number of nitrogens with zero attached hydrogens (tertiary/aromatic N) is 1. The van der Waals surface area contributed by atoms with Gasteiger partial charge in [-0.2, -0.15) is 0 Å². The summed E-state index contributed by atoms with van der Waals surface area (Å²) in [5.41, 5.74) is 5.65. The minimum absolute atomic E-state index is 0.0225. The Labute approximate surface area is 270 Å². The number of aliphatic hydroxyl groups excluding tert-OH is 1. The van der Waals surface area contributed by atoms with Crippen molar-refractivity contribution in [3.63, 3.8) is 0 Å². The SMILES string of the molecule is NC(=O)NCCC[C@H](NC(=O)/C(=C\C(=O)O)NC(=O)CCCCCN1C(=O)C=CC1=O)C(=O)Nc1ccc(COC(O)C2CC2)cc1. The maximum absolute atomic E-state index is 13.2. The Kier molecular flexibility index (Phi) is 14.1. The van der Waals surface area contributed by atoms with Crippen LogP contribution >= 0.6 is 0 Å². The maximum Gasteiger partial charge on any atom is 0.330 e. The summed E-state index contributed by atoms with van der Waals surface area (Å²) in [6.45, 7) is 0.474. The molecule has 3 rings (SSSR count). The first-order chi connectivity index (χ1) is 22.4. The first-order valence-electron chi connectivity index (χ1n) is 15.2. The summed E-state index contributed by atoms with van der Waals surface area (Å²) in [6.07, 6.45) is 5.33. The van der Waals surface area contributed by atoms with E-state index in [1.165, 1.54) is 12.2 Å². The molecule has 1 unspecified atom stereocenters. The quantitative estimate of drug-likeness (QED) is 0.0440. The van der Waals surface area contributed by atoms with E-state index in [0.717, 1.165) is 23.3 Å². The Morgan fingerprint density at radius 3 is 2.30 bits per heavy atom. The van der Waals surface area contributed by atoms with Gasteiger partial charge in [0.2, 0.25) is 11.8 Å². The summed E-state index contributed by atoms with van der Waals surface area (Å²) >= 11 is 0. The summed E-state index contributed by atoms with van der Waals surface area (Å²) in [5.74, 6) is -4.47. The number of nitrogens with two attached hydrogens (primary N) is 1. The number of aliphatic hydroxyl groups is 1. The Hall–Kier alpha value is -5.09. The molecule has 1 aliphatic heterocycles. The topological polar surface area (TPSA) is 247 Å². The number of carbonyl (C=O) groups excluding carboxylic acids is 6. The summed E-state index contributed by atoms with van der Waals surface area (Å²) in [5, 5.41) is 29.0. The molecule has 1 heterocycles. The van der Waals surface area contributed by atoms with E-state index in [1.807, 2.05) is 0 Å². The lowest BCUT2D eigenvalue weighted by atomic mass is 10.1. The zero-order chi connectivity index (χ0) is 34.3. The minimum atomic E-state index is -1.51. The third kappa shape index (κ3) is 13.0. The molecular weight excluding hydrogens is 616 g/mol. The number of anilines is 1. The zero-order valence-corrected chi connectivity index (χ0v) is 25.7. The van der Waals surface area contributed by atoms with Gasteiger partial charge in [0.1, 0.15) is 11.7 Å². The van der Waals surface area contributed by atoms with E-state index in [9.17, 15) is 43.8 Å². The number of nitrogens with one attached hydrogen (secondary N) is 4. The van der Waals surface area contributed by atoms with Crippen molar-refractivity contribution in [2.24, 2.45) is 11.7 Å². The van der Waals surface area contributed by atoms with Crippen LogP contribution in [0.1, 0.15) is 56.9 Å². The van der Waals surface area contributed by atoms with Crippen molar-refractivity contribution < 1.29 is 48.5 Å². The highest BCUT2D eigenvalue weighted by Crippen LogP contribution is 2.33. The molecule has 254 valence electrons. The molecule has 0 spiro atoms. The lowest BCUT2D eigenvalue weighted by Gasteiger charge is -2.20. The Morgan fingerprint density at radius 2 is 1.68 bits per heavy atom. The molecule has 2 atom stereocenters. The number of amides is 7. The maximum atomic E-state index is 13.2. The fraction of sp³-hybridized carbons (Fsp3) is 0.452. The lowest BCUT2D eigenvalue weighted by Crippen LogP contribution is -2.47. The summed E-state index contributed by atoms with van der Waals surface area (Å²) in [6, 6.07) is 4.65. The normalized spacial score (nSPS) is 15.6. The van der Waals surface area contributed by atoms with Gasteiger partial charge < -0.3 is 42.0 Å². The largest absolute Gasteiger partial charge is 0.478 e. The highest BCUT2D eigenvalue weighted by molar-refractivity contribution is 6.12. The number of hydrogen-bond donors (Lipinski definition) is 7. The van der Waals surface area contributed by atoms with Crippen LogP contribution < -0.4 is 27.0 Å². The number of carbonyl (C=O) groups is 7. The van der Waals surface area contributed by atoms with Gasteiger partial charge in [0.15, 0.2) is 6.29 Å². The van der Waals surface area contributed by atoms with Gasteiger partial charge in [-0.05, 0) is 56.2 Å². The van der Waals surface area contributed by atoms with Gasteiger partial charge in [-0.3, -0.25) is 28.9 Å². The van der Waals surface area contributed by atoms with Crippen LogP contribution in [0.3, 0.4) is 0 Å². The molecule has 1 saturated carbocycles. The zero-order valence-electron chi connectivity index (χ0n) is 25.7. The van der Waals surface area contributed by atoms with Gasteiger partial charge in [0.25, 0.3) is 17.7 Å². The average molecular weight is 657 g/mol. The van der Waals surface area contributed by atoms with E-state index >= 15 is 0 Å². The molecule has 1 aromatic rings. The average Bonchev–Trinajstić information content (AvgIpc) is 3.82. The highest BCUT2D eigenvalue weighted by Gasteiger charge is 2.30. The van der Waals surface area contributed by atoms with Crippen LogP contribution in [0.2, 0.25) is 0 Å². The molecule has 0 aromatic heterocycles. The van der Waals surface area contributed by atoms with E-state index < -0.39 is 59.6 Å². The van der Waals surface area contributed by atoms with Crippen LogP contribution in [-0.4, -0.2) is 82.1 Å². The van der Waals surface area contributed by atoms with Crippen molar-refractivity contribution in [1.29, 1.82) is 0 Å². The fourth-order valence-corrected chi connectivity index (χ4v) is 4.51. The second-order valence-electron chi connectivity index (χ2n) is 11.1. The minimum Gasteiger partial charge on any atom is -0.478 e. The highest BCUT2D eigenvalue weighted by atomic mass is 16.6. The van der Waals surface area contributed by atoms with Crippen molar-refractivity contribution in [2.75, 3.05) is 18.4 Å². The molecule has 0 radical (unpaired) electrons. The number of unbranched alkanes of at least 4 members (excludes halogenated alkanes) is 2. The van der Waals surface area contributed by atoms with Crippen LogP contribution in [0.5, 0.6) is 0 Å². The molecule has 1 fully saturated rings. The predicted molar refractivity (Wildman–Crippen MR) is 166 cm³/mol. The Balaban J connectivity index is 1.55. The van der Waals surface area contributed by atoms with Crippen molar-refractivity contribution in [3.8, 4) is 0 Å². The molecule has 1 aromatic carbocycles. The number of carboxylic acids is 1. The monoisotopic (exact) mass is 656 g/mol. The lowest BCUT2D eigenvalue weighted by molar-refractivity contribution is -0.137. The molecule has 16 nitrogen and oxygen atoms in total. The van der Waals surface area contributed by atoms with Gasteiger partial charge in [0, 0.05) is 43.3 Å². The first kappa shape index (κ1) is 36.4. The molecule has 0 saturated heterocycles. The summed E-state index contributed by atoms with van der Waals surface area (Å²) in [4.78, 5) is 85.6. The molecule has 47 heavy (non-hydrogen) atoms. The van der Waals surface area contributed by atoms with E-state index in [2.05, 4.69) is 21.3 Å². The van der Waals surface area contributed by atoms with Crippen LogP contribution in [0, 0.1) is 5.92 Å². The second-order valence-corrected chi connectivity index (χ2v) is 11.1. The Morgan fingerprint density at radius 1 is 1.00 bits per heavy atom. The van der Waals surface area contributed by atoms with E-state index in [4.69, 9.17) is 10.5 Å². The van der Waals surface area contributed by atoms with Crippen LogP contribution in [0.15, 0.2) is 48.2 Å². The molecule has 0 bridgehead atoms. The third-order valence-electron chi connectivity index (χ3n) is 7.23. The van der Waals surface area contributed by atoms with E-state index in [1.54, 1.807) is 24.3 Å². The Bertz CT molecular complexity index is 1370. The van der Waals surface area contributed by atoms with Crippen LogP contribution in [0.4, 0.5) is 10.5 Å². The van der Waals surface area contributed by atoms with Gasteiger partial charge >= 0.3 is 12.0 Å². The van der Waals surface area contributed by atoms with Crippen LogP contribution in [-0.2, 0) is 40.1 Å². The number of imide groups is 1. The summed E-state index contributed by atoms with van der Waals surface area (Å²) < 4.78 is 5.44. The molecule has 7 amide bonds. The third-order valence-corrected chi connectivity index (χ3v) is 7.23. The number of carboxylic acid groups (broad SMARTS) is 1. The van der Waals surface area contributed by atoms with Crippen molar-refractivity contribution in [3.05, 3.63) is 53.8 Å². The van der Waals surface area contributed by atoms with Crippen molar-refractivity contribution in [1.82, 2.24) is 20.9 Å². The number of aliphatic carboxylic acids is 1. The van der Waals surface area contributed by atoms with Crippen molar-refractivity contribution in [2.45, 2.75) is 70.3 Å². The van der Waals surface area contributed by atoms with Gasteiger partial charge in [0.05, 0.1) is 12.7 Å². The van der Waals surface area contributed by atoms with Gasteiger partial charge in [-0.15, -0.1) is 0 Å². The van der Waals surface area contributed by atoms with E-state index in [0.29, 0.717) is 31.0 Å². The number of benzene rings is 1. The summed E-state index contributed by atoms with van der Waals surface area (Å²) in [7, 11) is 0. The van der Waals surface area contributed by atoms with Gasteiger partial charge in [-0.1, -0.05) is 18.6 Å². The number of hydrogen-bond acceptors (Lipinski definition) is 9. The first-order valence-corrected chi connectivity index (χ1v) is 15.2. The predicted octanol–water partition coefficient (Wildman–Crippen LogP) is 0.374. The van der Waals surface area contributed by atoms with Gasteiger partial charge in [-0.25, -0.2) is 9.59 Å². The van der Waals surface area contributed by atoms with E-state index in [-0.39, 0.29) is 44.9 Å². The smallest absolute Gasteiger partial charge is 0.330 e. The van der Waals surface area contributed by atoms with Crippen LogP contribution in [0.25, 0.3) is 0 Å². The standard InChI is InChI=1S/C31H40N6O10/c32-31(46)33-15-4-5-22(28(43)34-21-11-7-19(8-12-21)18-47-30(45)20-9-10-20)36-29(44)23(17-27(41)42)35-24(38)6-2-1-3-16-37-25(39)13-14-26(37)40/h7-8,11-14,17,20,22,30,45H,1-6,9-10,15-16,18H2,(H,34,43)(H,35,38)(H,36,44)(H,41,42)(H3,32,33,46)/b23-17+/t22-,30?/m0/s1.